The van der Waals surface area contributed by atoms with Gasteiger partial charge in [-0.15, -0.1) is 0 Å². The quantitative estimate of drug-likeness (QED) is 0.286. The molecule has 10 nitrogen and oxygen atoms in total. The third-order valence-electron chi connectivity index (χ3n) is 2.64. The van der Waals surface area contributed by atoms with Crippen molar-refractivity contribution >= 4 is 7.82 Å². The Bertz CT molecular complexity index is 331. The van der Waals surface area contributed by atoms with Gasteiger partial charge in [0, 0.05) is 7.11 Å². The molecule has 0 saturated carbocycles. The van der Waals surface area contributed by atoms with Gasteiger partial charge in [-0.25, -0.2) is 4.57 Å². The standard InChI is InChI=1S/C8H17O10P/c1-16-8-5(12)7(18-19(13,14)15)4(11)6(17-8)3(10)2-9/h3-12H,2H2,1H3,(H2,13,14,15)/t3-,4+,5-,6+,7-,8+/m0/s1. The van der Waals surface area contributed by atoms with Crippen LogP contribution in [0.2, 0.25) is 0 Å². The van der Waals surface area contributed by atoms with Crippen LogP contribution in [0.4, 0.5) is 0 Å². The van der Waals surface area contributed by atoms with Crippen LogP contribution >= 0.6 is 7.82 Å². The third-order valence-corrected chi connectivity index (χ3v) is 3.16. The van der Waals surface area contributed by atoms with E-state index in [-0.39, 0.29) is 0 Å². The van der Waals surface area contributed by atoms with Gasteiger partial charge in [0.05, 0.1) is 6.61 Å². The average molecular weight is 304 g/mol. The predicted octanol–water partition coefficient (Wildman–Crippen LogP) is -3.09. The van der Waals surface area contributed by atoms with Gasteiger partial charge in [0.2, 0.25) is 0 Å². The Morgan fingerprint density at radius 2 is 1.89 bits per heavy atom. The third kappa shape index (κ3) is 4.17. The predicted molar refractivity (Wildman–Crippen MR) is 57.7 cm³/mol. The Balaban J connectivity index is 2.94. The summed E-state index contributed by atoms with van der Waals surface area (Å²) in [6, 6.07) is 0. The van der Waals surface area contributed by atoms with Crippen molar-refractivity contribution in [2.24, 2.45) is 0 Å². The summed E-state index contributed by atoms with van der Waals surface area (Å²) in [4.78, 5) is 17.4. The van der Waals surface area contributed by atoms with E-state index in [1.165, 1.54) is 0 Å². The molecule has 1 rings (SSSR count). The van der Waals surface area contributed by atoms with Gasteiger partial charge in [0.15, 0.2) is 6.29 Å². The number of phosphoric acid groups is 1. The molecule has 0 spiro atoms. The van der Waals surface area contributed by atoms with Gasteiger partial charge in [-0.1, -0.05) is 0 Å². The maximum atomic E-state index is 10.8. The molecule has 6 atom stereocenters. The zero-order valence-corrected chi connectivity index (χ0v) is 10.8. The average Bonchev–Trinajstić information content (AvgIpc) is 2.33. The van der Waals surface area contributed by atoms with Gasteiger partial charge in [0.25, 0.3) is 0 Å². The van der Waals surface area contributed by atoms with Gasteiger partial charge in [-0.2, -0.15) is 0 Å². The highest BCUT2D eigenvalue weighted by Gasteiger charge is 2.50. The maximum absolute atomic E-state index is 10.8. The van der Waals surface area contributed by atoms with E-state index in [9.17, 15) is 19.9 Å². The Morgan fingerprint density at radius 3 is 2.32 bits per heavy atom. The minimum atomic E-state index is -4.99. The summed E-state index contributed by atoms with van der Waals surface area (Å²) in [7, 11) is -3.84. The molecule has 1 aliphatic rings. The topological polar surface area (TPSA) is 166 Å². The number of methoxy groups -OCH3 is 1. The van der Waals surface area contributed by atoms with Crippen molar-refractivity contribution in [2.45, 2.75) is 36.8 Å². The lowest BCUT2D eigenvalue weighted by Crippen LogP contribution is -2.62. The van der Waals surface area contributed by atoms with Crippen LogP contribution in [0, 0.1) is 0 Å². The van der Waals surface area contributed by atoms with Crippen molar-refractivity contribution in [1.29, 1.82) is 0 Å². The number of ether oxygens (including phenoxy) is 2. The fraction of sp³-hybridized carbons (Fsp3) is 1.00. The SMILES string of the molecule is CO[C@@H]1O[C@H]([C@@H](O)CO)[C@@H](O)[C@H](OP(=O)(O)O)[C@@H]1O. The summed E-state index contributed by atoms with van der Waals surface area (Å²) in [6.45, 7) is -0.767. The highest BCUT2D eigenvalue weighted by Crippen LogP contribution is 2.41. The summed E-state index contributed by atoms with van der Waals surface area (Å²) >= 11 is 0. The number of phosphoric ester groups is 1. The number of hydrogen-bond acceptors (Lipinski definition) is 8. The van der Waals surface area contributed by atoms with Gasteiger partial charge < -0.3 is 39.7 Å². The van der Waals surface area contributed by atoms with Crippen LogP contribution in [0.5, 0.6) is 0 Å². The van der Waals surface area contributed by atoms with E-state index in [1.54, 1.807) is 0 Å². The highest BCUT2D eigenvalue weighted by molar-refractivity contribution is 7.46. The molecule has 19 heavy (non-hydrogen) atoms. The molecular formula is C8H17O10P. The molecule has 0 aromatic carbocycles. The Morgan fingerprint density at radius 1 is 1.32 bits per heavy atom. The summed E-state index contributed by atoms with van der Waals surface area (Å²) in [5.41, 5.74) is 0. The van der Waals surface area contributed by atoms with E-state index in [2.05, 4.69) is 4.52 Å². The molecule has 0 amide bonds. The zero-order chi connectivity index (χ0) is 14.8. The van der Waals surface area contributed by atoms with Crippen LogP contribution in [-0.2, 0) is 18.6 Å². The molecule has 0 aromatic rings. The van der Waals surface area contributed by atoms with Crippen LogP contribution in [-0.4, -0.2) is 80.7 Å². The highest BCUT2D eigenvalue weighted by atomic mass is 31.2. The molecule has 0 aliphatic carbocycles. The van der Waals surface area contributed by atoms with Crippen molar-refractivity contribution in [1.82, 2.24) is 0 Å². The number of aliphatic hydroxyl groups excluding tert-OH is 4. The maximum Gasteiger partial charge on any atom is 0.470 e. The second-order valence-corrected chi connectivity index (χ2v) is 5.19. The largest absolute Gasteiger partial charge is 0.470 e. The Hall–Kier alpha value is -0.130. The van der Waals surface area contributed by atoms with Gasteiger partial charge in [0.1, 0.15) is 30.5 Å². The Labute approximate surface area is 108 Å². The molecule has 0 unspecified atom stereocenters. The van der Waals surface area contributed by atoms with Crippen LogP contribution < -0.4 is 0 Å². The molecule has 1 heterocycles. The van der Waals surface area contributed by atoms with Crippen molar-refractivity contribution in [3.05, 3.63) is 0 Å². The van der Waals surface area contributed by atoms with E-state index in [4.69, 9.17) is 24.4 Å². The fourth-order valence-electron chi connectivity index (χ4n) is 1.76. The van der Waals surface area contributed by atoms with Crippen molar-refractivity contribution < 1.29 is 48.8 Å². The van der Waals surface area contributed by atoms with E-state index in [1.807, 2.05) is 0 Å². The first-order chi connectivity index (χ1) is 8.71. The minimum absolute atomic E-state index is 0.767. The van der Waals surface area contributed by atoms with Gasteiger partial charge >= 0.3 is 7.82 Å². The normalized spacial score (nSPS) is 38.2. The van der Waals surface area contributed by atoms with Crippen molar-refractivity contribution in [3.8, 4) is 0 Å². The summed E-state index contributed by atoms with van der Waals surface area (Å²) in [5, 5.41) is 37.8. The van der Waals surface area contributed by atoms with Crippen LogP contribution in [0.3, 0.4) is 0 Å². The number of aliphatic hydroxyl groups is 4. The van der Waals surface area contributed by atoms with E-state index in [0.29, 0.717) is 0 Å². The number of rotatable bonds is 5. The van der Waals surface area contributed by atoms with Gasteiger partial charge in [-0.3, -0.25) is 4.52 Å². The molecule has 114 valence electrons. The lowest BCUT2D eigenvalue weighted by Gasteiger charge is -2.42. The van der Waals surface area contributed by atoms with E-state index in [0.717, 1.165) is 7.11 Å². The zero-order valence-electron chi connectivity index (χ0n) is 9.93. The fourth-order valence-corrected chi connectivity index (χ4v) is 2.33. The molecule has 6 N–H and O–H groups in total. The molecule has 0 radical (unpaired) electrons. The first-order valence-corrected chi connectivity index (χ1v) is 6.81. The molecule has 0 bridgehead atoms. The summed E-state index contributed by atoms with van der Waals surface area (Å²) < 4.78 is 24.8. The molecular weight excluding hydrogens is 287 g/mol. The lowest BCUT2D eigenvalue weighted by atomic mass is 9.95. The first kappa shape index (κ1) is 16.9. The molecule has 1 aliphatic heterocycles. The molecule has 11 heteroatoms. The smallest absolute Gasteiger partial charge is 0.394 e. The lowest BCUT2D eigenvalue weighted by molar-refractivity contribution is -0.302. The summed E-state index contributed by atoms with van der Waals surface area (Å²) in [5.74, 6) is 0. The number of hydrogen-bond donors (Lipinski definition) is 6. The Kier molecular flexibility index (Phi) is 5.83. The monoisotopic (exact) mass is 304 g/mol. The van der Waals surface area contributed by atoms with Crippen LogP contribution in [0.25, 0.3) is 0 Å². The van der Waals surface area contributed by atoms with Crippen molar-refractivity contribution in [2.75, 3.05) is 13.7 Å². The summed E-state index contributed by atoms with van der Waals surface area (Å²) in [6.07, 6.45) is -9.55. The van der Waals surface area contributed by atoms with Crippen molar-refractivity contribution in [3.63, 3.8) is 0 Å². The van der Waals surface area contributed by atoms with Gasteiger partial charge in [-0.05, 0) is 0 Å². The molecule has 1 saturated heterocycles. The second kappa shape index (κ2) is 6.55. The van der Waals surface area contributed by atoms with E-state index >= 15 is 0 Å². The first-order valence-electron chi connectivity index (χ1n) is 5.28. The molecule has 0 aromatic heterocycles. The second-order valence-electron chi connectivity index (χ2n) is 4.00. The molecule has 1 fully saturated rings. The van der Waals surface area contributed by atoms with E-state index < -0.39 is 51.2 Å². The minimum Gasteiger partial charge on any atom is -0.394 e. The van der Waals surface area contributed by atoms with Crippen LogP contribution in [0.1, 0.15) is 0 Å². The van der Waals surface area contributed by atoms with Crippen LogP contribution in [0.15, 0.2) is 0 Å².